The lowest BCUT2D eigenvalue weighted by Gasteiger charge is -2.27. The molecule has 0 bridgehead atoms. The van der Waals surface area contributed by atoms with Gasteiger partial charge in [0, 0.05) is 18.7 Å². The summed E-state index contributed by atoms with van der Waals surface area (Å²) in [4.78, 5) is 25.1. The van der Waals surface area contributed by atoms with Crippen LogP contribution in [-0.2, 0) is 16.0 Å². The molecule has 0 spiro atoms. The number of amides is 2. The van der Waals surface area contributed by atoms with Crippen molar-refractivity contribution in [3.8, 4) is 0 Å². The summed E-state index contributed by atoms with van der Waals surface area (Å²) >= 11 is 0. The van der Waals surface area contributed by atoms with E-state index in [1.807, 2.05) is 30.3 Å². The van der Waals surface area contributed by atoms with Crippen LogP contribution in [0.2, 0.25) is 0 Å². The van der Waals surface area contributed by atoms with Gasteiger partial charge in [-0.15, -0.1) is 0 Å². The first-order valence-electron chi connectivity index (χ1n) is 6.66. The zero-order chi connectivity index (χ0) is 14.4. The Kier molecular flexibility index (Phi) is 4.90. The predicted octanol–water partition coefficient (Wildman–Crippen LogP) is 1.28. The largest absolute Gasteiger partial charge is 0.338 e. The SMILES string of the molecule is O=C(CC1=CCCN(CCc2ccccc2)C1=O)NO. The number of carbonyl (C=O) groups is 2. The summed E-state index contributed by atoms with van der Waals surface area (Å²) in [7, 11) is 0. The molecule has 0 aromatic heterocycles. The second-order valence-electron chi connectivity index (χ2n) is 4.76. The summed E-state index contributed by atoms with van der Waals surface area (Å²) in [5, 5.41) is 8.52. The Morgan fingerprint density at radius 2 is 2.05 bits per heavy atom. The summed E-state index contributed by atoms with van der Waals surface area (Å²) in [5.41, 5.74) is 3.19. The number of carbonyl (C=O) groups excluding carboxylic acids is 2. The molecule has 1 heterocycles. The molecular formula is C15H18N2O3. The summed E-state index contributed by atoms with van der Waals surface area (Å²) in [5.74, 6) is -0.676. The summed E-state index contributed by atoms with van der Waals surface area (Å²) in [6.07, 6.45) is 3.24. The lowest BCUT2D eigenvalue weighted by Crippen LogP contribution is -2.38. The summed E-state index contributed by atoms with van der Waals surface area (Å²) in [6, 6.07) is 9.98. The molecule has 0 unspecified atom stereocenters. The number of benzene rings is 1. The Morgan fingerprint density at radius 3 is 2.75 bits per heavy atom. The van der Waals surface area contributed by atoms with Gasteiger partial charge in [0.1, 0.15) is 0 Å². The van der Waals surface area contributed by atoms with Crippen molar-refractivity contribution in [2.24, 2.45) is 0 Å². The Bertz CT molecular complexity index is 511. The van der Waals surface area contributed by atoms with E-state index in [2.05, 4.69) is 0 Å². The highest BCUT2D eigenvalue weighted by molar-refractivity contribution is 5.99. The molecule has 106 valence electrons. The van der Waals surface area contributed by atoms with Crippen molar-refractivity contribution < 1.29 is 14.8 Å². The van der Waals surface area contributed by atoms with Crippen molar-refractivity contribution in [1.29, 1.82) is 0 Å². The van der Waals surface area contributed by atoms with E-state index in [4.69, 9.17) is 5.21 Å². The van der Waals surface area contributed by atoms with Gasteiger partial charge in [-0.25, -0.2) is 5.48 Å². The van der Waals surface area contributed by atoms with Crippen LogP contribution in [0.25, 0.3) is 0 Å². The van der Waals surface area contributed by atoms with Crippen molar-refractivity contribution in [2.75, 3.05) is 13.1 Å². The average molecular weight is 274 g/mol. The van der Waals surface area contributed by atoms with Crippen LogP contribution in [-0.4, -0.2) is 35.0 Å². The molecule has 0 saturated heterocycles. The number of hydroxylamine groups is 1. The number of nitrogens with zero attached hydrogens (tertiary/aromatic N) is 1. The molecule has 2 N–H and O–H groups in total. The van der Waals surface area contributed by atoms with Crippen molar-refractivity contribution in [2.45, 2.75) is 19.3 Å². The van der Waals surface area contributed by atoms with Crippen molar-refractivity contribution in [3.63, 3.8) is 0 Å². The smallest absolute Gasteiger partial charge is 0.249 e. The fourth-order valence-electron chi connectivity index (χ4n) is 2.27. The normalized spacial score (nSPS) is 14.9. The van der Waals surface area contributed by atoms with E-state index in [9.17, 15) is 9.59 Å². The predicted molar refractivity (Wildman–Crippen MR) is 74.0 cm³/mol. The standard InChI is InChI=1S/C15H18N2O3/c18-14(16-20)11-13-7-4-9-17(15(13)19)10-8-12-5-2-1-3-6-12/h1-3,5-7,20H,4,8-11H2,(H,16,18). The highest BCUT2D eigenvalue weighted by Gasteiger charge is 2.23. The minimum absolute atomic E-state index is 0.0723. The molecule has 1 aliphatic rings. The van der Waals surface area contributed by atoms with Crippen molar-refractivity contribution >= 4 is 11.8 Å². The molecule has 1 aromatic carbocycles. The van der Waals surface area contributed by atoms with Gasteiger partial charge in [-0.05, 0) is 18.4 Å². The van der Waals surface area contributed by atoms with E-state index in [0.717, 1.165) is 12.8 Å². The van der Waals surface area contributed by atoms with E-state index in [0.29, 0.717) is 18.7 Å². The number of rotatable bonds is 5. The van der Waals surface area contributed by atoms with Crippen molar-refractivity contribution in [1.82, 2.24) is 10.4 Å². The number of hydrogen-bond donors (Lipinski definition) is 2. The highest BCUT2D eigenvalue weighted by Crippen LogP contribution is 2.15. The molecule has 2 rings (SSSR count). The summed E-state index contributed by atoms with van der Waals surface area (Å²) < 4.78 is 0. The molecule has 1 aromatic rings. The van der Waals surface area contributed by atoms with E-state index in [1.165, 1.54) is 5.56 Å². The molecule has 0 fully saturated rings. The second kappa shape index (κ2) is 6.86. The first kappa shape index (κ1) is 14.3. The van der Waals surface area contributed by atoms with Crippen LogP contribution in [0.3, 0.4) is 0 Å². The zero-order valence-corrected chi connectivity index (χ0v) is 11.2. The van der Waals surface area contributed by atoms with Gasteiger partial charge in [-0.1, -0.05) is 36.4 Å². The molecule has 0 radical (unpaired) electrons. The van der Waals surface area contributed by atoms with Crippen LogP contribution < -0.4 is 5.48 Å². The van der Waals surface area contributed by atoms with Crippen LogP contribution in [0.15, 0.2) is 42.0 Å². The van der Waals surface area contributed by atoms with Gasteiger partial charge in [-0.3, -0.25) is 14.8 Å². The van der Waals surface area contributed by atoms with Crippen LogP contribution in [0.1, 0.15) is 18.4 Å². The van der Waals surface area contributed by atoms with Crippen LogP contribution in [0.5, 0.6) is 0 Å². The van der Waals surface area contributed by atoms with E-state index in [-0.39, 0.29) is 12.3 Å². The topological polar surface area (TPSA) is 69.6 Å². The lowest BCUT2D eigenvalue weighted by atomic mass is 10.0. The third-order valence-corrected chi connectivity index (χ3v) is 3.34. The molecular weight excluding hydrogens is 256 g/mol. The van der Waals surface area contributed by atoms with Crippen LogP contribution in [0.4, 0.5) is 0 Å². The van der Waals surface area contributed by atoms with Gasteiger partial charge in [0.25, 0.3) is 0 Å². The van der Waals surface area contributed by atoms with Gasteiger partial charge >= 0.3 is 0 Å². The van der Waals surface area contributed by atoms with E-state index in [1.54, 1.807) is 16.5 Å². The second-order valence-corrected chi connectivity index (χ2v) is 4.76. The van der Waals surface area contributed by atoms with Gasteiger partial charge in [0.05, 0.1) is 6.42 Å². The minimum atomic E-state index is -0.561. The molecule has 0 atom stereocenters. The van der Waals surface area contributed by atoms with Gasteiger partial charge in [-0.2, -0.15) is 0 Å². The van der Waals surface area contributed by atoms with Gasteiger partial charge < -0.3 is 4.90 Å². The Balaban J connectivity index is 1.92. The highest BCUT2D eigenvalue weighted by atomic mass is 16.5. The molecule has 2 amide bonds. The molecule has 5 heteroatoms. The molecule has 0 saturated carbocycles. The first-order valence-corrected chi connectivity index (χ1v) is 6.66. The Morgan fingerprint density at radius 1 is 1.30 bits per heavy atom. The number of nitrogens with one attached hydrogen (secondary N) is 1. The fourth-order valence-corrected chi connectivity index (χ4v) is 2.27. The summed E-state index contributed by atoms with van der Waals surface area (Å²) in [6.45, 7) is 1.32. The maximum absolute atomic E-state index is 12.2. The molecule has 5 nitrogen and oxygen atoms in total. The lowest BCUT2D eigenvalue weighted by molar-refractivity contribution is -0.132. The average Bonchev–Trinajstić information content (AvgIpc) is 2.49. The van der Waals surface area contributed by atoms with Gasteiger partial charge in [0.15, 0.2) is 0 Å². The maximum atomic E-state index is 12.2. The van der Waals surface area contributed by atoms with E-state index >= 15 is 0 Å². The first-order chi connectivity index (χ1) is 9.70. The molecule has 1 aliphatic heterocycles. The third-order valence-electron chi connectivity index (χ3n) is 3.34. The number of hydrogen-bond acceptors (Lipinski definition) is 3. The zero-order valence-electron chi connectivity index (χ0n) is 11.2. The quantitative estimate of drug-likeness (QED) is 0.628. The molecule has 0 aliphatic carbocycles. The maximum Gasteiger partial charge on any atom is 0.249 e. The van der Waals surface area contributed by atoms with Gasteiger partial charge in [0.2, 0.25) is 11.8 Å². The van der Waals surface area contributed by atoms with E-state index < -0.39 is 5.91 Å². The monoisotopic (exact) mass is 274 g/mol. The molecule has 20 heavy (non-hydrogen) atoms. The third kappa shape index (κ3) is 3.68. The van der Waals surface area contributed by atoms with Crippen LogP contribution >= 0.6 is 0 Å². The van der Waals surface area contributed by atoms with Crippen molar-refractivity contribution in [3.05, 3.63) is 47.5 Å². The fraction of sp³-hybridized carbons (Fsp3) is 0.333. The Hall–Kier alpha value is -2.14. The minimum Gasteiger partial charge on any atom is -0.338 e. The van der Waals surface area contributed by atoms with Crippen LogP contribution in [0, 0.1) is 0 Å². The Labute approximate surface area is 117 Å².